The number of allylic oxidation sites excluding steroid dienone is 2. The van der Waals surface area contributed by atoms with Crippen LogP contribution in [0.4, 0.5) is 0 Å². The minimum Gasteiger partial charge on any atom is -0.498 e. The van der Waals surface area contributed by atoms with Crippen LogP contribution in [0.2, 0.25) is 0 Å². The highest BCUT2D eigenvalue weighted by Crippen LogP contribution is 2.33. The van der Waals surface area contributed by atoms with E-state index in [2.05, 4.69) is 6.08 Å². The summed E-state index contributed by atoms with van der Waals surface area (Å²) in [7, 11) is 0. The maximum atomic E-state index is 5.20. The summed E-state index contributed by atoms with van der Waals surface area (Å²) in [5, 5.41) is 0. The Kier molecular flexibility index (Phi) is 0.518. The van der Waals surface area contributed by atoms with Crippen molar-refractivity contribution < 1.29 is 4.74 Å². The molecule has 0 N–H and O–H groups in total. The van der Waals surface area contributed by atoms with Crippen LogP contribution in [0.1, 0.15) is 12.8 Å². The summed E-state index contributed by atoms with van der Waals surface area (Å²) in [4.78, 5) is 0. The quantitative estimate of drug-likeness (QED) is 0.442. The maximum absolute atomic E-state index is 5.20. The Morgan fingerprint density at radius 2 is 2.57 bits per heavy atom. The summed E-state index contributed by atoms with van der Waals surface area (Å²) in [5.74, 6) is 2.12. The van der Waals surface area contributed by atoms with Gasteiger partial charge >= 0.3 is 0 Å². The molecule has 3 aliphatic rings. The van der Waals surface area contributed by atoms with Crippen LogP contribution in [0, 0.1) is 5.92 Å². The van der Waals surface area contributed by atoms with Crippen molar-refractivity contribution in [2.75, 3.05) is 6.61 Å². The molecule has 38 valence electrons. The molecule has 1 saturated heterocycles. The largest absolute Gasteiger partial charge is 0.498 e. The van der Waals surface area contributed by atoms with Crippen molar-refractivity contribution in [3.63, 3.8) is 0 Å². The predicted octanol–water partition coefficient (Wildman–Crippen LogP) is 1.31. The van der Waals surface area contributed by atoms with Gasteiger partial charge in [0.25, 0.3) is 0 Å². The highest BCUT2D eigenvalue weighted by Gasteiger charge is 2.24. The van der Waals surface area contributed by atoms with Crippen LogP contribution >= 0.6 is 0 Å². The zero-order valence-electron chi connectivity index (χ0n) is 4.18. The van der Waals surface area contributed by atoms with E-state index in [1.165, 1.54) is 18.6 Å². The third kappa shape index (κ3) is 0.379. The molecule has 0 amide bonds. The molecular weight excluding hydrogens is 88.1 g/mol. The fourth-order valence-corrected chi connectivity index (χ4v) is 1.12. The van der Waals surface area contributed by atoms with Gasteiger partial charge in [-0.15, -0.1) is 0 Å². The Morgan fingerprint density at radius 3 is 2.71 bits per heavy atom. The average Bonchev–Trinajstić information content (AvgIpc) is 1.67. The number of fused-ring (bicyclic) bond motifs is 2. The third-order valence-corrected chi connectivity index (χ3v) is 1.66. The lowest BCUT2D eigenvalue weighted by Crippen LogP contribution is -2.21. The van der Waals surface area contributed by atoms with Crippen molar-refractivity contribution in [2.45, 2.75) is 12.8 Å². The lowest BCUT2D eigenvalue weighted by Gasteiger charge is -2.31. The number of hydrogen-bond donors (Lipinski definition) is 0. The summed E-state index contributed by atoms with van der Waals surface area (Å²) in [6.45, 7) is 0.969. The van der Waals surface area contributed by atoms with Crippen molar-refractivity contribution in [1.29, 1.82) is 0 Å². The van der Waals surface area contributed by atoms with Crippen LogP contribution in [-0.4, -0.2) is 6.61 Å². The van der Waals surface area contributed by atoms with E-state index in [1.807, 2.05) is 0 Å². The van der Waals surface area contributed by atoms with Gasteiger partial charge in [-0.3, -0.25) is 0 Å². The Labute approximate surface area is 43.0 Å². The lowest BCUT2D eigenvalue weighted by molar-refractivity contribution is 0.112. The fourth-order valence-electron chi connectivity index (χ4n) is 1.12. The highest BCUT2D eigenvalue weighted by atomic mass is 16.5. The number of rotatable bonds is 0. The first-order valence-electron chi connectivity index (χ1n) is 2.78. The average molecular weight is 96.1 g/mol. The first-order valence-corrected chi connectivity index (χ1v) is 2.78. The number of hydrogen-bond acceptors (Lipinski definition) is 1. The summed E-state index contributed by atoms with van der Waals surface area (Å²) in [6, 6.07) is 0. The molecule has 0 spiro atoms. The topological polar surface area (TPSA) is 9.23 Å². The Hall–Kier alpha value is -0.460. The van der Waals surface area contributed by atoms with Gasteiger partial charge in [0.15, 0.2) is 0 Å². The van der Waals surface area contributed by atoms with Crippen molar-refractivity contribution in [3.8, 4) is 0 Å². The van der Waals surface area contributed by atoms with Crippen LogP contribution in [0.5, 0.6) is 0 Å². The van der Waals surface area contributed by atoms with Crippen molar-refractivity contribution in [1.82, 2.24) is 0 Å². The molecule has 0 radical (unpaired) electrons. The molecule has 2 bridgehead atoms. The predicted molar refractivity (Wildman–Crippen MR) is 26.8 cm³/mol. The zero-order valence-corrected chi connectivity index (χ0v) is 4.18. The molecule has 1 heteroatoms. The van der Waals surface area contributed by atoms with Gasteiger partial charge in [-0.1, -0.05) is 0 Å². The zero-order chi connectivity index (χ0) is 4.69. The molecule has 2 heterocycles. The SMILES string of the molecule is C1=C2CC1CCO2. The van der Waals surface area contributed by atoms with E-state index in [9.17, 15) is 0 Å². The normalized spacial score (nSPS) is 35.4. The first-order chi connectivity index (χ1) is 3.45. The van der Waals surface area contributed by atoms with Crippen molar-refractivity contribution >= 4 is 0 Å². The van der Waals surface area contributed by atoms with Gasteiger partial charge < -0.3 is 4.74 Å². The lowest BCUT2D eigenvalue weighted by atomic mass is 9.88. The minimum absolute atomic E-state index is 0.892. The van der Waals surface area contributed by atoms with Crippen LogP contribution in [-0.2, 0) is 4.74 Å². The molecular formula is C6H8O. The Bertz CT molecular complexity index is 115. The van der Waals surface area contributed by atoms with Gasteiger partial charge in [0, 0.05) is 6.42 Å². The second kappa shape index (κ2) is 1.03. The maximum Gasteiger partial charge on any atom is 0.0928 e. The summed E-state index contributed by atoms with van der Waals surface area (Å²) in [5.41, 5.74) is 0. The van der Waals surface area contributed by atoms with Crippen molar-refractivity contribution in [2.24, 2.45) is 5.92 Å². The van der Waals surface area contributed by atoms with Crippen LogP contribution < -0.4 is 0 Å². The minimum atomic E-state index is 0.892. The molecule has 1 unspecified atom stereocenters. The Balaban J connectivity index is 2.21. The summed E-state index contributed by atoms with van der Waals surface area (Å²) >= 11 is 0. The first kappa shape index (κ1) is 3.53. The van der Waals surface area contributed by atoms with Gasteiger partial charge in [-0.2, -0.15) is 0 Å². The van der Waals surface area contributed by atoms with E-state index in [1.54, 1.807) is 0 Å². The third-order valence-electron chi connectivity index (χ3n) is 1.66. The molecule has 0 aromatic heterocycles. The molecule has 7 heavy (non-hydrogen) atoms. The fraction of sp³-hybridized carbons (Fsp3) is 0.667. The van der Waals surface area contributed by atoms with Gasteiger partial charge in [0.1, 0.15) is 0 Å². The smallest absolute Gasteiger partial charge is 0.0928 e. The van der Waals surface area contributed by atoms with E-state index in [4.69, 9.17) is 4.74 Å². The van der Waals surface area contributed by atoms with Crippen LogP contribution in [0.15, 0.2) is 11.8 Å². The van der Waals surface area contributed by atoms with E-state index in [0.717, 1.165) is 12.5 Å². The van der Waals surface area contributed by atoms with E-state index >= 15 is 0 Å². The monoisotopic (exact) mass is 96.1 g/mol. The highest BCUT2D eigenvalue weighted by molar-refractivity contribution is 5.12. The molecule has 3 rings (SSSR count). The van der Waals surface area contributed by atoms with Crippen LogP contribution in [0.25, 0.3) is 0 Å². The van der Waals surface area contributed by atoms with E-state index < -0.39 is 0 Å². The van der Waals surface area contributed by atoms with Crippen LogP contribution in [0.3, 0.4) is 0 Å². The number of ether oxygens (including phenoxy) is 1. The second-order valence-corrected chi connectivity index (χ2v) is 2.23. The molecule has 0 saturated carbocycles. The van der Waals surface area contributed by atoms with Gasteiger partial charge in [-0.05, 0) is 18.4 Å². The summed E-state index contributed by atoms with van der Waals surface area (Å²) < 4.78 is 5.20. The molecule has 1 atom stereocenters. The molecule has 1 fully saturated rings. The summed E-state index contributed by atoms with van der Waals surface area (Å²) in [6.07, 6.45) is 4.70. The van der Waals surface area contributed by atoms with Gasteiger partial charge in [0.05, 0.1) is 12.4 Å². The van der Waals surface area contributed by atoms with E-state index in [-0.39, 0.29) is 0 Å². The Morgan fingerprint density at radius 1 is 1.71 bits per heavy atom. The van der Waals surface area contributed by atoms with Gasteiger partial charge in [-0.25, -0.2) is 0 Å². The van der Waals surface area contributed by atoms with E-state index in [0.29, 0.717) is 0 Å². The second-order valence-electron chi connectivity index (χ2n) is 2.23. The van der Waals surface area contributed by atoms with Crippen molar-refractivity contribution in [3.05, 3.63) is 11.8 Å². The standard InChI is InChI=1S/C6H8O/c1-2-7-6-3-5(1)4-6/h3,5H,1-2,4H2. The molecule has 1 nitrogen and oxygen atoms in total. The molecule has 1 aliphatic carbocycles. The molecule has 0 aromatic rings. The van der Waals surface area contributed by atoms with Gasteiger partial charge in [0.2, 0.25) is 0 Å². The molecule has 0 aromatic carbocycles. The molecule has 2 aliphatic heterocycles.